The maximum atomic E-state index is 12.6. The summed E-state index contributed by atoms with van der Waals surface area (Å²) >= 11 is 0. The molecule has 58 heavy (non-hydrogen) atoms. The number of ether oxygens (including phenoxy) is 2. The number of hydrogen-bond donors (Lipinski definition) is 3. The van der Waals surface area contributed by atoms with E-state index >= 15 is 0 Å². The Balaban J connectivity index is 4.03. The van der Waals surface area contributed by atoms with Crippen molar-refractivity contribution in [1.29, 1.82) is 0 Å². The van der Waals surface area contributed by atoms with E-state index in [1.165, 1.54) is 173 Å². The van der Waals surface area contributed by atoms with E-state index in [0.717, 1.165) is 51.4 Å². The number of carbonyl (C=O) groups excluding carboxylic acids is 1. The van der Waals surface area contributed by atoms with Gasteiger partial charge < -0.3 is 24.6 Å². The highest BCUT2D eigenvalue weighted by Crippen LogP contribution is 2.43. The molecule has 3 N–H and O–H groups in total. The third-order valence-electron chi connectivity index (χ3n) is 11.0. The van der Waals surface area contributed by atoms with Gasteiger partial charge in [0, 0.05) is 13.0 Å². The quantitative estimate of drug-likeness (QED) is 0.0237. The molecule has 346 valence electrons. The number of aliphatic hydroxyl groups excluding tert-OH is 2. The number of phosphoric acid groups is 1. The van der Waals surface area contributed by atoms with Gasteiger partial charge in [0.1, 0.15) is 12.2 Å². The van der Waals surface area contributed by atoms with Gasteiger partial charge in [0.15, 0.2) is 0 Å². The van der Waals surface area contributed by atoms with Crippen LogP contribution in [0.4, 0.5) is 0 Å². The van der Waals surface area contributed by atoms with Gasteiger partial charge in [-0.15, -0.1) is 0 Å². The van der Waals surface area contributed by atoms with E-state index in [0.29, 0.717) is 6.61 Å². The van der Waals surface area contributed by atoms with Crippen LogP contribution in [-0.2, 0) is 27.9 Å². The summed E-state index contributed by atoms with van der Waals surface area (Å²) in [6.07, 6.45) is 47.5. The van der Waals surface area contributed by atoms with Crippen molar-refractivity contribution in [3.63, 3.8) is 0 Å². The predicted octanol–water partition coefficient (Wildman–Crippen LogP) is 14.0. The SMILES string of the molecule is CCCCCCCC/C=C\CCCCCCCC(=O)OC(COCCCCCCCCCCCCCCCCCCCCCCCC)COP(=O)(O)OCC(O)CO. The summed E-state index contributed by atoms with van der Waals surface area (Å²) in [5.74, 6) is -0.386. The molecule has 9 nitrogen and oxygen atoms in total. The average molecular weight is 847 g/mol. The van der Waals surface area contributed by atoms with Crippen molar-refractivity contribution in [2.45, 2.75) is 257 Å². The van der Waals surface area contributed by atoms with E-state index in [1.54, 1.807) is 0 Å². The largest absolute Gasteiger partial charge is 0.472 e. The molecule has 0 aliphatic rings. The lowest BCUT2D eigenvalue weighted by molar-refractivity contribution is -0.154. The minimum atomic E-state index is -4.52. The second-order valence-electron chi connectivity index (χ2n) is 16.8. The summed E-state index contributed by atoms with van der Waals surface area (Å²) in [6.45, 7) is 3.56. The maximum absolute atomic E-state index is 12.6. The highest BCUT2D eigenvalue weighted by Gasteiger charge is 2.26. The minimum absolute atomic E-state index is 0.0522. The van der Waals surface area contributed by atoms with Crippen LogP contribution < -0.4 is 0 Å². The van der Waals surface area contributed by atoms with E-state index in [2.05, 4.69) is 26.0 Å². The number of phosphoric ester groups is 1. The van der Waals surface area contributed by atoms with Gasteiger partial charge in [-0.25, -0.2) is 4.57 Å². The van der Waals surface area contributed by atoms with E-state index in [4.69, 9.17) is 23.6 Å². The van der Waals surface area contributed by atoms with Crippen molar-refractivity contribution in [2.75, 3.05) is 33.0 Å². The zero-order chi connectivity index (χ0) is 42.5. The fraction of sp³-hybridized carbons (Fsp3) is 0.938. The fourth-order valence-corrected chi connectivity index (χ4v) is 7.97. The summed E-state index contributed by atoms with van der Waals surface area (Å²) in [6, 6.07) is 0. The maximum Gasteiger partial charge on any atom is 0.472 e. The second-order valence-corrected chi connectivity index (χ2v) is 18.3. The number of rotatable bonds is 48. The molecule has 0 saturated heterocycles. The first-order valence-corrected chi connectivity index (χ1v) is 26.2. The molecular weight excluding hydrogens is 751 g/mol. The van der Waals surface area contributed by atoms with E-state index in [9.17, 15) is 19.4 Å². The van der Waals surface area contributed by atoms with Gasteiger partial charge in [-0.1, -0.05) is 212 Å². The van der Waals surface area contributed by atoms with Crippen molar-refractivity contribution in [3.8, 4) is 0 Å². The molecule has 10 heteroatoms. The Bertz CT molecular complexity index is 918. The van der Waals surface area contributed by atoms with Crippen LogP contribution in [0.15, 0.2) is 12.2 Å². The zero-order valence-electron chi connectivity index (χ0n) is 38.0. The lowest BCUT2D eigenvalue weighted by atomic mass is 10.0. The molecule has 0 aromatic carbocycles. The lowest BCUT2D eigenvalue weighted by Gasteiger charge is -2.20. The summed E-state index contributed by atoms with van der Waals surface area (Å²) in [7, 11) is -4.52. The van der Waals surface area contributed by atoms with Crippen molar-refractivity contribution < 1.29 is 43.0 Å². The van der Waals surface area contributed by atoms with Crippen molar-refractivity contribution in [3.05, 3.63) is 12.2 Å². The summed E-state index contributed by atoms with van der Waals surface area (Å²) in [5.41, 5.74) is 0. The monoisotopic (exact) mass is 847 g/mol. The molecular formula is C48H95O9P. The lowest BCUT2D eigenvalue weighted by Crippen LogP contribution is -2.29. The van der Waals surface area contributed by atoms with Crippen LogP contribution >= 0.6 is 7.82 Å². The molecule has 0 spiro atoms. The van der Waals surface area contributed by atoms with Gasteiger partial charge >= 0.3 is 13.8 Å². The van der Waals surface area contributed by atoms with Gasteiger partial charge in [-0.2, -0.15) is 0 Å². The van der Waals surface area contributed by atoms with Crippen LogP contribution in [0.5, 0.6) is 0 Å². The standard InChI is InChI=1S/C48H95O9P/c1-3-5-7-9-11-13-15-17-19-20-21-22-23-24-25-27-29-31-33-35-37-39-41-54-44-47(45-56-58(52,53)55-43-46(50)42-49)57-48(51)40-38-36-34-32-30-28-26-18-16-14-12-10-8-6-4-2/h18,26,46-47,49-50H,3-17,19-25,27-45H2,1-2H3,(H,52,53)/b26-18-. The van der Waals surface area contributed by atoms with Gasteiger partial charge in [0.25, 0.3) is 0 Å². The van der Waals surface area contributed by atoms with Gasteiger partial charge in [0.2, 0.25) is 0 Å². The van der Waals surface area contributed by atoms with Crippen molar-refractivity contribution >= 4 is 13.8 Å². The third-order valence-corrected chi connectivity index (χ3v) is 11.9. The van der Waals surface area contributed by atoms with Crippen LogP contribution in [0.1, 0.15) is 245 Å². The van der Waals surface area contributed by atoms with Crippen molar-refractivity contribution in [1.82, 2.24) is 0 Å². The number of allylic oxidation sites excluding steroid dienone is 2. The van der Waals surface area contributed by atoms with Gasteiger partial charge in [0.05, 0.1) is 26.4 Å². The first kappa shape index (κ1) is 57.2. The Morgan fingerprint density at radius 1 is 0.517 bits per heavy atom. The Hall–Kier alpha value is -0.800. The molecule has 0 aliphatic carbocycles. The summed E-state index contributed by atoms with van der Waals surface area (Å²) < 4.78 is 33.5. The fourth-order valence-electron chi connectivity index (χ4n) is 7.18. The molecule has 0 rings (SSSR count). The molecule has 0 fully saturated rings. The summed E-state index contributed by atoms with van der Waals surface area (Å²) in [4.78, 5) is 22.6. The van der Waals surface area contributed by atoms with Crippen LogP contribution in [0, 0.1) is 0 Å². The first-order chi connectivity index (χ1) is 28.3. The van der Waals surface area contributed by atoms with Gasteiger partial charge in [-0.05, 0) is 38.5 Å². The first-order valence-electron chi connectivity index (χ1n) is 24.7. The van der Waals surface area contributed by atoms with E-state index < -0.39 is 33.2 Å². The van der Waals surface area contributed by atoms with Crippen LogP contribution in [0.25, 0.3) is 0 Å². The average Bonchev–Trinajstić information content (AvgIpc) is 3.21. The Morgan fingerprint density at radius 2 is 0.879 bits per heavy atom. The summed E-state index contributed by atoms with van der Waals surface area (Å²) in [5, 5.41) is 18.4. The van der Waals surface area contributed by atoms with Crippen LogP contribution in [-0.4, -0.2) is 66.3 Å². The number of carbonyl (C=O) groups is 1. The zero-order valence-corrected chi connectivity index (χ0v) is 38.9. The number of hydrogen-bond acceptors (Lipinski definition) is 8. The smallest absolute Gasteiger partial charge is 0.457 e. The molecule has 0 aromatic rings. The number of aliphatic hydroxyl groups is 2. The molecule has 0 saturated carbocycles. The molecule has 0 heterocycles. The molecule has 0 aromatic heterocycles. The number of esters is 1. The van der Waals surface area contributed by atoms with Crippen molar-refractivity contribution in [2.24, 2.45) is 0 Å². The number of unbranched alkanes of at least 4 members (excludes halogenated alkanes) is 32. The molecule has 3 unspecified atom stereocenters. The Morgan fingerprint density at radius 3 is 1.29 bits per heavy atom. The Labute approximate surface area is 358 Å². The second kappa shape index (κ2) is 45.7. The Kier molecular flexibility index (Phi) is 45.1. The van der Waals surface area contributed by atoms with Crippen LogP contribution in [0.3, 0.4) is 0 Å². The highest BCUT2D eigenvalue weighted by atomic mass is 31.2. The third kappa shape index (κ3) is 44.7. The van der Waals surface area contributed by atoms with E-state index in [1.807, 2.05) is 0 Å². The minimum Gasteiger partial charge on any atom is -0.457 e. The predicted molar refractivity (Wildman–Crippen MR) is 242 cm³/mol. The molecule has 0 aliphatic heterocycles. The molecule has 0 amide bonds. The topological polar surface area (TPSA) is 132 Å². The highest BCUT2D eigenvalue weighted by molar-refractivity contribution is 7.47. The van der Waals surface area contributed by atoms with Gasteiger partial charge in [-0.3, -0.25) is 13.8 Å². The molecule has 0 bridgehead atoms. The molecule has 0 radical (unpaired) electrons. The van der Waals surface area contributed by atoms with E-state index in [-0.39, 0.29) is 25.6 Å². The normalized spacial score (nSPS) is 13.9. The van der Waals surface area contributed by atoms with Crippen LogP contribution in [0.2, 0.25) is 0 Å². The molecule has 3 atom stereocenters.